The molecule has 222 valence electrons. The van der Waals surface area contributed by atoms with Gasteiger partial charge in [-0.15, -0.1) is 0 Å². The van der Waals surface area contributed by atoms with E-state index < -0.39 is 0 Å². The third-order valence-electron chi connectivity index (χ3n) is 8.25. The SMILES string of the molecule is COc1cc(-c2nccc(-c3cccc(-c4cc(Cl)c(C)c(OC)n4)c3Cl)c2Cl)cc2c1CN(C[C@@H]1CCC(=O)N1)CC2. The van der Waals surface area contributed by atoms with Gasteiger partial charge in [0.25, 0.3) is 0 Å². The van der Waals surface area contributed by atoms with Crippen LogP contribution in [-0.2, 0) is 17.8 Å². The molecule has 2 aromatic heterocycles. The molecule has 0 spiro atoms. The summed E-state index contributed by atoms with van der Waals surface area (Å²) in [6.07, 6.45) is 4.10. The van der Waals surface area contributed by atoms with Gasteiger partial charge in [-0.1, -0.05) is 53.0 Å². The van der Waals surface area contributed by atoms with Crippen molar-refractivity contribution in [2.75, 3.05) is 27.3 Å². The number of aromatic nitrogens is 2. The van der Waals surface area contributed by atoms with Crippen LogP contribution in [0.15, 0.2) is 48.7 Å². The minimum atomic E-state index is 0.140. The van der Waals surface area contributed by atoms with E-state index in [4.69, 9.17) is 44.3 Å². The summed E-state index contributed by atoms with van der Waals surface area (Å²) in [6, 6.07) is 13.8. The van der Waals surface area contributed by atoms with Crippen LogP contribution in [-0.4, -0.2) is 54.1 Å². The number of pyridine rings is 2. The molecule has 4 aromatic rings. The molecule has 1 saturated heterocycles. The molecule has 2 aliphatic rings. The van der Waals surface area contributed by atoms with Gasteiger partial charge >= 0.3 is 0 Å². The van der Waals surface area contributed by atoms with Gasteiger partial charge in [-0.3, -0.25) is 14.7 Å². The van der Waals surface area contributed by atoms with Gasteiger partial charge < -0.3 is 14.8 Å². The van der Waals surface area contributed by atoms with Gasteiger partial charge in [0.15, 0.2) is 0 Å². The van der Waals surface area contributed by atoms with Crippen molar-refractivity contribution in [1.29, 1.82) is 0 Å². The van der Waals surface area contributed by atoms with Gasteiger partial charge in [0, 0.05) is 71.7 Å². The van der Waals surface area contributed by atoms with Crippen LogP contribution in [0.2, 0.25) is 15.1 Å². The molecule has 2 aromatic carbocycles. The lowest BCUT2D eigenvalue weighted by molar-refractivity contribution is -0.119. The Hall–Kier alpha value is -3.36. The predicted molar refractivity (Wildman–Crippen MR) is 171 cm³/mol. The van der Waals surface area contributed by atoms with Crippen LogP contribution in [0.5, 0.6) is 11.6 Å². The van der Waals surface area contributed by atoms with E-state index >= 15 is 0 Å². The Balaban J connectivity index is 1.34. The van der Waals surface area contributed by atoms with Crippen molar-refractivity contribution in [2.24, 2.45) is 0 Å². The van der Waals surface area contributed by atoms with Gasteiger partial charge in [0.1, 0.15) is 5.75 Å². The average Bonchev–Trinajstić information content (AvgIpc) is 3.42. The van der Waals surface area contributed by atoms with Crippen LogP contribution in [0.25, 0.3) is 33.6 Å². The Morgan fingerprint density at radius 3 is 2.53 bits per heavy atom. The molecule has 0 saturated carbocycles. The topological polar surface area (TPSA) is 76.6 Å². The van der Waals surface area contributed by atoms with Crippen molar-refractivity contribution >= 4 is 40.7 Å². The number of carbonyl (C=O) groups is 1. The molecule has 4 heterocycles. The maximum Gasteiger partial charge on any atom is 0.220 e. The molecular formula is C33H31Cl3N4O3. The molecule has 10 heteroatoms. The number of hydrogen-bond acceptors (Lipinski definition) is 6. The van der Waals surface area contributed by atoms with Crippen molar-refractivity contribution in [3.8, 4) is 45.3 Å². The highest BCUT2D eigenvalue weighted by Crippen LogP contribution is 2.43. The van der Waals surface area contributed by atoms with Crippen LogP contribution in [0.3, 0.4) is 0 Å². The quantitative estimate of drug-likeness (QED) is 0.228. The first-order valence-corrected chi connectivity index (χ1v) is 15.3. The van der Waals surface area contributed by atoms with Gasteiger partial charge in [-0.25, -0.2) is 4.98 Å². The highest BCUT2D eigenvalue weighted by Gasteiger charge is 2.27. The van der Waals surface area contributed by atoms with E-state index in [1.165, 1.54) is 5.56 Å². The molecule has 2 aliphatic heterocycles. The number of benzene rings is 2. The van der Waals surface area contributed by atoms with Crippen LogP contribution >= 0.6 is 34.8 Å². The van der Waals surface area contributed by atoms with E-state index in [1.54, 1.807) is 26.5 Å². The lowest BCUT2D eigenvalue weighted by Crippen LogP contribution is -2.41. The Labute approximate surface area is 266 Å². The van der Waals surface area contributed by atoms with E-state index in [9.17, 15) is 4.79 Å². The number of amides is 1. The monoisotopic (exact) mass is 636 g/mol. The molecule has 6 rings (SSSR count). The largest absolute Gasteiger partial charge is 0.496 e. The zero-order chi connectivity index (χ0) is 30.2. The van der Waals surface area contributed by atoms with Gasteiger partial charge in [-0.2, -0.15) is 0 Å². The number of nitrogens with zero attached hydrogens (tertiary/aromatic N) is 3. The fourth-order valence-corrected chi connectivity index (χ4v) is 6.80. The fourth-order valence-electron chi connectivity index (χ4n) is 5.97. The average molecular weight is 638 g/mol. The minimum absolute atomic E-state index is 0.140. The summed E-state index contributed by atoms with van der Waals surface area (Å²) in [5.41, 5.74) is 7.48. The summed E-state index contributed by atoms with van der Waals surface area (Å²) in [5.74, 6) is 1.39. The first kappa shape index (κ1) is 29.7. The normalized spacial score (nSPS) is 16.6. The van der Waals surface area contributed by atoms with Crippen molar-refractivity contribution < 1.29 is 14.3 Å². The van der Waals surface area contributed by atoms with Crippen molar-refractivity contribution in [2.45, 2.75) is 38.8 Å². The van der Waals surface area contributed by atoms with Crippen molar-refractivity contribution in [3.63, 3.8) is 0 Å². The minimum Gasteiger partial charge on any atom is -0.496 e. The molecular weight excluding hydrogens is 607 g/mol. The summed E-state index contributed by atoms with van der Waals surface area (Å²) in [7, 11) is 3.25. The molecule has 0 unspecified atom stereocenters. The fraction of sp³-hybridized carbons (Fsp3) is 0.303. The third kappa shape index (κ3) is 5.79. The molecule has 0 bridgehead atoms. The van der Waals surface area contributed by atoms with E-state index in [0.29, 0.717) is 44.3 Å². The Kier molecular flexibility index (Phi) is 8.51. The summed E-state index contributed by atoms with van der Waals surface area (Å²) < 4.78 is 11.3. The van der Waals surface area contributed by atoms with E-state index in [0.717, 1.165) is 66.0 Å². The Morgan fingerprint density at radius 2 is 1.79 bits per heavy atom. The first-order chi connectivity index (χ1) is 20.8. The maximum absolute atomic E-state index is 11.7. The Morgan fingerprint density at radius 1 is 1.00 bits per heavy atom. The standard InChI is InChI=1S/C33H31Cl3N4O3/c1-18-26(34)15-27(39-33(18)43-3)24-6-4-5-22(30(24)35)23-9-11-37-32(31(23)36)20-13-19-10-12-40(16-21-7-8-29(41)38-21)17-25(19)28(14-20)42-2/h4-6,9,11,13-15,21H,7-8,10,12,16-17H2,1-3H3,(H,38,41)/t21-/m0/s1. The smallest absolute Gasteiger partial charge is 0.220 e. The summed E-state index contributed by atoms with van der Waals surface area (Å²) in [6.45, 7) is 4.35. The summed E-state index contributed by atoms with van der Waals surface area (Å²) >= 11 is 20.6. The number of methoxy groups -OCH3 is 2. The molecule has 0 aliphatic carbocycles. The zero-order valence-corrected chi connectivity index (χ0v) is 26.4. The first-order valence-electron chi connectivity index (χ1n) is 14.1. The zero-order valence-electron chi connectivity index (χ0n) is 24.1. The molecule has 1 atom stereocenters. The van der Waals surface area contributed by atoms with Crippen molar-refractivity contribution in [3.05, 3.63) is 80.4 Å². The van der Waals surface area contributed by atoms with Gasteiger partial charge in [-0.05, 0) is 49.6 Å². The third-order valence-corrected chi connectivity index (χ3v) is 9.43. The number of carbonyl (C=O) groups excluding carboxylic acids is 1. The number of nitrogens with one attached hydrogen (secondary N) is 1. The van der Waals surface area contributed by atoms with Crippen LogP contribution < -0.4 is 14.8 Å². The highest BCUT2D eigenvalue weighted by atomic mass is 35.5. The number of rotatable bonds is 7. The highest BCUT2D eigenvalue weighted by molar-refractivity contribution is 6.39. The van der Waals surface area contributed by atoms with Crippen molar-refractivity contribution in [1.82, 2.24) is 20.2 Å². The second kappa shape index (κ2) is 12.3. The van der Waals surface area contributed by atoms with E-state index in [1.807, 2.05) is 37.3 Å². The number of halogens is 3. The van der Waals surface area contributed by atoms with E-state index in [2.05, 4.69) is 26.3 Å². The van der Waals surface area contributed by atoms with Crippen LogP contribution in [0.4, 0.5) is 0 Å². The second-order valence-electron chi connectivity index (χ2n) is 10.9. The molecule has 1 N–H and O–H groups in total. The number of hydrogen-bond donors (Lipinski definition) is 1. The molecule has 0 radical (unpaired) electrons. The predicted octanol–water partition coefficient (Wildman–Crippen LogP) is 7.40. The molecule has 1 fully saturated rings. The number of ether oxygens (including phenoxy) is 2. The maximum atomic E-state index is 11.7. The van der Waals surface area contributed by atoms with Crippen LogP contribution in [0.1, 0.15) is 29.5 Å². The molecule has 7 nitrogen and oxygen atoms in total. The van der Waals surface area contributed by atoms with Gasteiger partial charge in [0.05, 0.1) is 40.7 Å². The van der Waals surface area contributed by atoms with Gasteiger partial charge in [0.2, 0.25) is 11.8 Å². The summed E-state index contributed by atoms with van der Waals surface area (Å²) in [4.78, 5) is 23.4. The molecule has 43 heavy (non-hydrogen) atoms. The Bertz CT molecular complexity index is 1710. The molecule has 1 amide bonds. The number of fused-ring (bicyclic) bond motifs is 1. The summed E-state index contributed by atoms with van der Waals surface area (Å²) in [5, 5.41) is 4.61. The lowest BCUT2D eigenvalue weighted by Gasteiger charge is -2.32. The lowest BCUT2D eigenvalue weighted by atomic mass is 9.93. The van der Waals surface area contributed by atoms with E-state index in [-0.39, 0.29) is 11.9 Å². The van der Waals surface area contributed by atoms with Crippen LogP contribution in [0, 0.1) is 6.92 Å². The second-order valence-corrected chi connectivity index (χ2v) is 12.1.